The van der Waals surface area contributed by atoms with Crippen molar-refractivity contribution in [1.29, 1.82) is 0 Å². The van der Waals surface area contributed by atoms with Crippen molar-refractivity contribution in [2.45, 2.75) is 13.8 Å². The highest BCUT2D eigenvalue weighted by atomic mass is 16.1. The van der Waals surface area contributed by atoms with Gasteiger partial charge in [-0.1, -0.05) is 36.4 Å². The molecule has 2 aromatic heterocycles. The molecule has 1 N–H and O–H groups in total. The lowest BCUT2D eigenvalue weighted by Gasteiger charge is -2.13. The highest BCUT2D eigenvalue weighted by molar-refractivity contribution is 5.95. The zero-order valence-electron chi connectivity index (χ0n) is 16.4. The van der Waals surface area contributed by atoms with E-state index in [-0.39, 0.29) is 5.91 Å². The van der Waals surface area contributed by atoms with Gasteiger partial charge in [-0.05, 0) is 59.5 Å². The minimum absolute atomic E-state index is 0.0933. The third-order valence-electron chi connectivity index (χ3n) is 4.75. The van der Waals surface area contributed by atoms with Gasteiger partial charge in [0.25, 0.3) is 0 Å². The number of benzene rings is 2. The van der Waals surface area contributed by atoms with Gasteiger partial charge in [-0.3, -0.25) is 14.8 Å². The Bertz CT molecular complexity index is 1150. The van der Waals surface area contributed by atoms with E-state index in [9.17, 15) is 4.79 Å². The molecular formula is C25H21N3O. The number of amides is 1. The van der Waals surface area contributed by atoms with Crippen molar-refractivity contribution in [2.75, 3.05) is 5.32 Å². The van der Waals surface area contributed by atoms with Gasteiger partial charge in [0.05, 0.1) is 0 Å². The molecule has 29 heavy (non-hydrogen) atoms. The van der Waals surface area contributed by atoms with E-state index in [1.807, 2.05) is 49.6 Å². The molecule has 0 aliphatic carbocycles. The number of nitrogens with zero attached hydrogens (tertiary/aromatic N) is 2. The molecular weight excluding hydrogens is 358 g/mol. The Hall–Kier alpha value is -3.79. The second-order valence-electron chi connectivity index (χ2n) is 6.95. The quantitative estimate of drug-likeness (QED) is 0.491. The van der Waals surface area contributed by atoms with Crippen molar-refractivity contribution in [3.63, 3.8) is 0 Å². The SMILES string of the molecule is CC(=O)Nc1ccc(-c2cccnc2)cc1-c1ccc(-c2ccnc(C)c2)cc1. The average molecular weight is 379 g/mol. The summed E-state index contributed by atoms with van der Waals surface area (Å²) in [6, 6.07) is 22.4. The number of anilines is 1. The lowest BCUT2D eigenvalue weighted by molar-refractivity contribution is -0.114. The van der Waals surface area contributed by atoms with Crippen LogP contribution in [-0.2, 0) is 4.79 Å². The van der Waals surface area contributed by atoms with Crippen molar-refractivity contribution in [3.05, 3.63) is 91.0 Å². The van der Waals surface area contributed by atoms with Gasteiger partial charge in [-0.25, -0.2) is 0 Å². The third kappa shape index (κ3) is 4.22. The number of aryl methyl sites for hydroxylation is 1. The number of rotatable bonds is 4. The molecule has 2 heterocycles. The first-order chi connectivity index (χ1) is 14.1. The molecule has 1 amide bonds. The van der Waals surface area contributed by atoms with E-state index in [1.165, 1.54) is 6.92 Å². The fourth-order valence-electron chi connectivity index (χ4n) is 3.36. The molecule has 0 aliphatic heterocycles. The maximum Gasteiger partial charge on any atom is 0.221 e. The van der Waals surface area contributed by atoms with Gasteiger partial charge in [0.1, 0.15) is 0 Å². The Morgan fingerprint density at radius 1 is 0.793 bits per heavy atom. The van der Waals surface area contributed by atoms with E-state index in [1.54, 1.807) is 6.20 Å². The molecule has 4 nitrogen and oxygen atoms in total. The summed E-state index contributed by atoms with van der Waals surface area (Å²) < 4.78 is 0. The maximum absolute atomic E-state index is 11.7. The maximum atomic E-state index is 11.7. The second-order valence-corrected chi connectivity index (χ2v) is 6.95. The third-order valence-corrected chi connectivity index (χ3v) is 4.75. The molecule has 4 heteroatoms. The molecule has 0 spiro atoms. The van der Waals surface area contributed by atoms with Crippen molar-refractivity contribution in [2.24, 2.45) is 0 Å². The standard InChI is InChI=1S/C25H21N3O/c1-17-14-22(11-13-27-17)19-5-7-20(8-6-19)24-15-21(23-4-3-12-26-16-23)9-10-25(24)28-18(2)29/h3-16H,1-2H3,(H,28,29). The van der Waals surface area contributed by atoms with Crippen molar-refractivity contribution < 1.29 is 4.79 Å². The van der Waals surface area contributed by atoms with Crippen LogP contribution in [0.1, 0.15) is 12.6 Å². The van der Waals surface area contributed by atoms with Crippen LogP contribution in [0.15, 0.2) is 85.3 Å². The second kappa shape index (κ2) is 8.07. The van der Waals surface area contributed by atoms with Crippen LogP contribution in [-0.4, -0.2) is 15.9 Å². The number of pyridine rings is 2. The molecule has 0 saturated heterocycles. The van der Waals surface area contributed by atoms with Crippen LogP contribution < -0.4 is 5.32 Å². The molecule has 0 bridgehead atoms. The van der Waals surface area contributed by atoms with E-state index >= 15 is 0 Å². The lowest BCUT2D eigenvalue weighted by Crippen LogP contribution is -2.07. The van der Waals surface area contributed by atoms with E-state index in [0.29, 0.717) is 0 Å². The summed E-state index contributed by atoms with van der Waals surface area (Å²) in [5, 5.41) is 2.94. The van der Waals surface area contributed by atoms with Crippen LogP contribution in [0.25, 0.3) is 33.4 Å². The normalized spacial score (nSPS) is 10.6. The molecule has 0 atom stereocenters. The number of hydrogen-bond acceptors (Lipinski definition) is 3. The Balaban J connectivity index is 1.76. The van der Waals surface area contributed by atoms with Crippen LogP contribution in [0.5, 0.6) is 0 Å². The largest absolute Gasteiger partial charge is 0.326 e. The number of hydrogen-bond donors (Lipinski definition) is 1. The van der Waals surface area contributed by atoms with Crippen LogP contribution >= 0.6 is 0 Å². The van der Waals surface area contributed by atoms with Crippen molar-refractivity contribution in [1.82, 2.24) is 9.97 Å². The first-order valence-corrected chi connectivity index (χ1v) is 9.46. The van der Waals surface area contributed by atoms with E-state index < -0.39 is 0 Å². The monoisotopic (exact) mass is 379 g/mol. The predicted octanol–water partition coefficient (Wildman–Crippen LogP) is 5.74. The minimum Gasteiger partial charge on any atom is -0.326 e. The molecule has 4 aromatic rings. The Morgan fingerprint density at radius 2 is 1.52 bits per heavy atom. The van der Waals surface area contributed by atoms with Crippen LogP contribution in [0.3, 0.4) is 0 Å². The van der Waals surface area contributed by atoms with E-state index in [0.717, 1.165) is 44.8 Å². The molecule has 0 fully saturated rings. The minimum atomic E-state index is -0.0933. The predicted molar refractivity (Wildman–Crippen MR) is 117 cm³/mol. The number of carbonyl (C=O) groups is 1. The highest BCUT2D eigenvalue weighted by Crippen LogP contribution is 2.34. The van der Waals surface area contributed by atoms with Gasteiger partial charge in [-0.2, -0.15) is 0 Å². The first kappa shape index (κ1) is 18.6. The van der Waals surface area contributed by atoms with E-state index in [4.69, 9.17) is 0 Å². The topological polar surface area (TPSA) is 54.9 Å². The molecule has 0 radical (unpaired) electrons. The molecule has 142 valence electrons. The summed E-state index contributed by atoms with van der Waals surface area (Å²) in [5.74, 6) is -0.0933. The number of aromatic nitrogens is 2. The van der Waals surface area contributed by atoms with Crippen LogP contribution in [0.2, 0.25) is 0 Å². The lowest BCUT2D eigenvalue weighted by atomic mass is 9.96. The summed E-state index contributed by atoms with van der Waals surface area (Å²) in [5.41, 5.74) is 8.14. The summed E-state index contributed by atoms with van der Waals surface area (Å²) in [7, 11) is 0. The fourth-order valence-corrected chi connectivity index (χ4v) is 3.36. The van der Waals surface area contributed by atoms with Crippen molar-refractivity contribution in [3.8, 4) is 33.4 Å². The Labute approximate surface area is 170 Å². The molecule has 2 aromatic carbocycles. The van der Waals surface area contributed by atoms with Gasteiger partial charge in [0.2, 0.25) is 5.91 Å². The van der Waals surface area contributed by atoms with Gasteiger partial charge in [0, 0.05) is 48.0 Å². The van der Waals surface area contributed by atoms with Crippen LogP contribution in [0, 0.1) is 6.92 Å². The van der Waals surface area contributed by atoms with Gasteiger partial charge >= 0.3 is 0 Å². The average Bonchev–Trinajstić information content (AvgIpc) is 2.74. The van der Waals surface area contributed by atoms with Gasteiger partial charge in [-0.15, -0.1) is 0 Å². The van der Waals surface area contributed by atoms with Gasteiger partial charge < -0.3 is 5.32 Å². The highest BCUT2D eigenvalue weighted by Gasteiger charge is 2.10. The summed E-state index contributed by atoms with van der Waals surface area (Å²) in [4.78, 5) is 20.2. The Kier molecular flexibility index (Phi) is 5.16. The van der Waals surface area contributed by atoms with Crippen molar-refractivity contribution >= 4 is 11.6 Å². The zero-order valence-corrected chi connectivity index (χ0v) is 16.4. The molecule has 4 rings (SSSR count). The molecule has 0 aliphatic rings. The first-order valence-electron chi connectivity index (χ1n) is 9.46. The van der Waals surface area contributed by atoms with Gasteiger partial charge in [0.15, 0.2) is 0 Å². The molecule has 0 saturated carbocycles. The van der Waals surface area contributed by atoms with E-state index in [2.05, 4.69) is 51.7 Å². The zero-order chi connectivity index (χ0) is 20.2. The Morgan fingerprint density at radius 3 is 2.21 bits per heavy atom. The summed E-state index contributed by atoms with van der Waals surface area (Å²) in [6.45, 7) is 3.51. The fraction of sp³-hybridized carbons (Fsp3) is 0.0800. The summed E-state index contributed by atoms with van der Waals surface area (Å²) >= 11 is 0. The van der Waals surface area contributed by atoms with Crippen LogP contribution in [0.4, 0.5) is 5.69 Å². The smallest absolute Gasteiger partial charge is 0.221 e. The number of carbonyl (C=O) groups excluding carboxylic acids is 1. The summed E-state index contributed by atoms with van der Waals surface area (Å²) in [6.07, 6.45) is 5.42. The number of nitrogens with one attached hydrogen (secondary N) is 1. The molecule has 0 unspecified atom stereocenters.